The van der Waals surface area contributed by atoms with Gasteiger partial charge in [0.2, 0.25) is 5.91 Å². The van der Waals surface area contributed by atoms with E-state index >= 15 is 0 Å². The molecule has 1 aromatic heterocycles. The lowest BCUT2D eigenvalue weighted by Crippen LogP contribution is -2.24. The van der Waals surface area contributed by atoms with Gasteiger partial charge in [0.05, 0.1) is 13.0 Å². The van der Waals surface area contributed by atoms with Crippen molar-refractivity contribution in [1.29, 1.82) is 0 Å². The van der Waals surface area contributed by atoms with Gasteiger partial charge in [-0.3, -0.25) is 4.79 Å². The summed E-state index contributed by atoms with van der Waals surface area (Å²) < 4.78 is 0. The van der Waals surface area contributed by atoms with Crippen molar-refractivity contribution >= 4 is 17.2 Å². The zero-order chi connectivity index (χ0) is 13.8. The highest BCUT2D eigenvalue weighted by molar-refractivity contribution is 7.12. The molecular weight excluding hydrogens is 258 g/mol. The van der Waals surface area contributed by atoms with E-state index in [4.69, 9.17) is 0 Å². The number of amides is 1. The topological polar surface area (TPSA) is 49.3 Å². The van der Waals surface area contributed by atoms with Crippen molar-refractivity contribution in [2.75, 3.05) is 0 Å². The minimum absolute atomic E-state index is 0.0785. The average molecular weight is 275 g/mol. The van der Waals surface area contributed by atoms with Crippen molar-refractivity contribution in [2.24, 2.45) is 0 Å². The van der Waals surface area contributed by atoms with Crippen LogP contribution in [0.5, 0.6) is 5.75 Å². The third-order valence-electron chi connectivity index (χ3n) is 3.02. The van der Waals surface area contributed by atoms with Crippen LogP contribution in [0, 0.1) is 13.8 Å². The molecule has 100 valence electrons. The third-order valence-corrected chi connectivity index (χ3v) is 4.17. The van der Waals surface area contributed by atoms with E-state index < -0.39 is 0 Å². The molecule has 1 heterocycles. The number of nitrogens with one attached hydrogen (secondary N) is 1. The SMILES string of the molecule is Cc1cc(CNC(=O)Cc2ccccc2O)sc1C. The molecule has 4 heteroatoms. The molecule has 19 heavy (non-hydrogen) atoms. The molecule has 0 atom stereocenters. The van der Waals surface area contributed by atoms with Crippen molar-refractivity contribution < 1.29 is 9.90 Å². The maximum Gasteiger partial charge on any atom is 0.224 e. The summed E-state index contributed by atoms with van der Waals surface area (Å²) in [6, 6.07) is 9.01. The quantitative estimate of drug-likeness (QED) is 0.901. The van der Waals surface area contributed by atoms with Crippen molar-refractivity contribution in [1.82, 2.24) is 5.32 Å². The highest BCUT2D eigenvalue weighted by atomic mass is 32.1. The molecule has 0 saturated heterocycles. The molecule has 0 aliphatic rings. The normalized spacial score (nSPS) is 10.4. The Balaban J connectivity index is 1.90. The summed E-state index contributed by atoms with van der Waals surface area (Å²) in [5.74, 6) is 0.0886. The Bertz CT molecular complexity index is 570. The van der Waals surface area contributed by atoms with Gasteiger partial charge >= 0.3 is 0 Å². The summed E-state index contributed by atoms with van der Waals surface area (Å²) in [4.78, 5) is 14.2. The van der Waals surface area contributed by atoms with Crippen LogP contribution in [0.3, 0.4) is 0 Å². The van der Waals surface area contributed by atoms with E-state index in [9.17, 15) is 9.90 Å². The number of phenolic OH excluding ortho intramolecular Hbond substituents is 1. The number of rotatable bonds is 4. The van der Waals surface area contributed by atoms with Gasteiger partial charge in [-0.05, 0) is 31.5 Å². The van der Waals surface area contributed by atoms with Gasteiger partial charge in [-0.1, -0.05) is 18.2 Å². The molecule has 2 aromatic rings. The van der Waals surface area contributed by atoms with E-state index in [1.54, 1.807) is 29.5 Å². The van der Waals surface area contributed by atoms with Crippen LogP contribution in [0.1, 0.15) is 20.9 Å². The fourth-order valence-electron chi connectivity index (χ4n) is 1.82. The molecule has 2 rings (SSSR count). The van der Waals surface area contributed by atoms with Gasteiger partial charge in [-0.15, -0.1) is 11.3 Å². The summed E-state index contributed by atoms with van der Waals surface area (Å²) in [6.07, 6.45) is 0.204. The molecule has 0 radical (unpaired) electrons. The first-order valence-corrected chi connectivity index (χ1v) is 6.97. The molecule has 2 N–H and O–H groups in total. The van der Waals surface area contributed by atoms with Crippen LogP contribution in [-0.2, 0) is 17.8 Å². The van der Waals surface area contributed by atoms with Crippen molar-refractivity contribution in [3.05, 3.63) is 51.2 Å². The molecule has 0 unspecified atom stereocenters. The minimum atomic E-state index is -0.0785. The second-order valence-electron chi connectivity index (χ2n) is 4.53. The van der Waals surface area contributed by atoms with Gasteiger partial charge in [-0.25, -0.2) is 0 Å². The lowest BCUT2D eigenvalue weighted by molar-refractivity contribution is -0.120. The number of benzene rings is 1. The molecule has 0 fully saturated rings. The Labute approximate surface area is 116 Å². The van der Waals surface area contributed by atoms with E-state index in [1.807, 2.05) is 6.07 Å². The first-order valence-electron chi connectivity index (χ1n) is 6.15. The van der Waals surface area contributed by atoms with Gasteiger partial charge < -0.3 is 10.4 Å². The smallest absolute Gasteiger partial charge is 0.224 e. The summed E-state index contributed by atoms with van der Waals surface area (Å²) in [7, 11) is 0. The van der Waals surface area contributed by atoms with Crippen LogP contribution in [-0.4, -0.2) is 11.0 Å². The van der Waals surface area contributed by atoms with Gasteiger partial charge in [0, 0.05) is 15.3 Å². The van der Waals surface area contributed by atoms with Gasteiger partial charge in [0.15, 0.2) is 0 Å². The van der Waals surface area contributed by atoms with Gasteiger partial charge in [0.1, 0.15) is 5.75 Å². The first kappa shape index (κ1) is 13.6. The molecule has 0 aliphatic heterocycles. The number of aromatic hydroxyl groups is 1. The van der Waals surface area contributed by atoms with E-state index in [0.717, 1.165) is 4.88 Å². The number of carbonyl (C=O) groups is 1. The van der Waals surface area contributed by atoms with E-state index in [0.29, 0.717) is 12.1 Å². The fourth-order valence-corrected chi connectivity index (χ4v) is 2.81. The molecule has 0 saturated carbocycles. The fraction of sp³-hybridized carbons (Fsp3) is 0.267. The zero-order valence-electron chi connectivity index (χ0n) is 11.1. The van der Waals surface area contributed by atoms with Gasteiger partial charge in [0.25, 0.3) is 0 Å². The lowest BCUT2D eigenvalue weighted by Gasteiger charge is -2.05. The summed E-state index contributed by atoms with van der Waals surface area (Å²) >= 11 is 1.70. The van der Waals surface area contributed by atoms with Crippen molar-refractivity contribution in [2.45, 2.75) is 26.8 Å². The van der Waals surface area contributed by atoms with Crippen LogP contribution in [0.25, 0.3) is 0 Å². The number of aryl methyl sites for hydroxylation is 2. The number of thiophene rings is 1. The largest absolute Gasteiger partial charge is 0.508 e. The first-order chi connectivity index (χ1) is 9.06. The third kappa shape index (κ3) is 3.58. The Morgan fingerprint density at radius 1 is 1.32 bits per heavy atom. The zero-order valence-corrected chi connectivity index (χ0v) is 11.9. The maximum atomic E-state index is 11.8. The minimum Gasteiger partial charge on any atom is -0.508 e. The average Bonchev–Trinajstić information content (AvgIpc) is 2.69. The van der Waals surface area contributed by atoms with Crippen LogP contribution in [0.4, 0.5) is 0 Å². The van der Waals surface area contributed by atoms with E-state index in [2.05, 4.69) is 25.2 Å². The van der Waals surface area contributed by atoms with Crippen LogP contribution >= 0.6 is 11.3 Å². The number of carbonyl (C=O) groups excluding carboxylic acids is 1. The van der Waals surface area contributed by atoms with Crippen LogP contribution < -0.4 is 5.32 Å². The highest BCUT2D eigenvalue weighted by Gasteiger charge is 2.08. The Kier molecular flexibility index (Phi) is 4.22. The van der Waals surface area contributed by atoms with E-state index in [-0.39, 0.29) is 18.1 Å². The Morgan fingerprint density at radius 3 is 2.68 bits per heavy atom. The number of hydrogen-bond donors (Lipinski definition) is 2. The summed E-state index contributed by atoms with van der Waals surface area (Å²) in [5, 5.41) is 12.5. The molecule has 1 aromatic carbocycles. The maximum absolute atomic E-state index is 11.8. The van der Waals surface area contributed by atoms with Crippen molar-refractivity contribution in [3.8, 4) is 5.75 Å². The standard InChI is InChI=1S/C15H17NO2S/c1-10-7-13(19-11(10)2)9-16-15(18)8-12-5-3-4-6-14(12)17/h3-7,17H,8-9H2,1-2H3,(H,16,18). The predicted octanol–water partition coefficient (Wildman–Crippen LogP) is 2.93. The molecule has 0 bridgehead atoms. The lowest BCUT2D eigenvalue weighted by atomic mass is 10.1. The van der Waals surface area contributed by atoms with Gasteiger partial charge in [-0.2, -0.15) is 0 Å². The number of phenols is 1. The summed E-state index contributed by atoms with van der Waals surface area (Å²) in [5.41, 5.74) is 1.91. The molecule has 0 spiro atoms. The van der Waals surface area contributed by atoms with Crippen LogP contribution in [0.2, 0.25) is 0 Å². The predicted molar refractivity (Wildman–Crippen MR) is 77.5 cm³/mol. The number of hydrogen-bond acceptors (Lipinski definition) is 3. The molecule has 3 nitrogen and oxygen atoms in total. The number of para-hydroxylation sites is 1. The van der Waals surface area contributed by atoms with Crippen molar-refractivity contribution in [3.63, 3.8) is 0 Å². The second kappa shape index (κ2) is 5.89. The monoisotopic (exact) mass is 275 g/mol. The Hall–Kier alpha value is -1.81. The summed E-state index contributed by atoms with van der Waals surface area (Å²) in [6.45, 7) is 4.69. The molecular formula is C15H17NO2S. The highest BCUT2D eigenvalue weighted by Crippen LogP contribution is 2.20. The second-order valence-corrected chi connectivity index (χ2v) is 5.88. The molecule has 0 aliphatic carbocycles. The van der Waals surface area contributed by atoms with Crippen LogP contribution in [0.15, 0.2) is 30.3 Å². The van der Waals surface area contributed by atoms with E-state index in [1.165, 1.54) is 10.4 Å². The molecule has 1 amide bonds. The Morgan fingerprint density at radius 2 is 2.05 bits per heavy atom.